The molecule has 0 radical (unpaired) electrons. The number of terminal acetylenes is 1. The molecule has 1 unspecified atom stereocenters. The van der Waals surface area contributed by atoms with Gasteiger partial charge in [0.1, 0.15) is 5.60 Å². The number of carbonyl (C=O) groups excluding carboxylic acids is 1. The summed E-state index contributed by atoms with van der Waals surface area (Å²) in [5, 5.41) is 13.2. The van der Waals surface area contributed by atoms with E-state index in [-0.39, 0.29) is 18.2 Å². The van der Waals surface area contributed by atoms with Gasteiger partial charge >= 0.3 is 5.97 Å². The van der Waals surface area contributed by atoms with E-state index in [9.17, 15) is 9.90 Å². The van der Waals surface area contributed by atoms with E-state index in [1.54, 1.807) is 20.8 Å². The van der Waals surface area contributed by atoms with Gasteiger partial charge in [0, 0.05) is 6.42 Å². The van der Waals surface area contributed by atoms with Gasteiger partial charge in [-0.25, -0.2) is 0 Å². The number of aromatic nitrogens is 1. The fourth-order valence-corrected chi connectivity index (χ4v) is 1.90. The molecule has 1 aromatic heterocycles. The van der Waals surface area contributed by atoms with Gasteiger partial charge in [-0.1, -0.05) is 11.1 Å². The highest BCUT2D eigenvalue weighted by Crippen LogP contribution is 2.27. The van der Waals surface area contributed by atoms with Crippen molar-refractivity contribution in [2.24, 2.45) is 0 Å². The molecule has 0 fully saturated rings. The summed E-state index contributed by atoms with van der Waals surface area (Å²) < 4.78 is 10.6. The molecule has 0 aromatic carbocycles. The van der Waals surface area contributed by atoms with Crippen molar-refractivity contribution in [3.63, 3.8) is 0 Å². The van der Waals surface area contributed by atoms with Gasteiger partial charge < -0.3 is 14.4 Å². The minimum absolute atomic E-state index is 0.168. The maximum Gasteiger partial charge on any atom is 0.306 e. The summed E-state index contributed by atoms with van der Waals surface area (Å²) in [5.74, 6) is 1.98. The molecular formula is C13H16BrNO4. The number of aliphatic hydroxyl groups is 1. The molecule has 0 aliphatic rings. The van der Waals surface area contributed by atoms with E-state index in [1.165, 1.54) is 0 Å². The zero-order valence-electron chi connectivity index (χ0n) is 11.1. The predicted molar refractivity (Wildman–Crippen MR) is 72.2 cm³/mol. The van der Waals surface area contributed by atoms with Crippen LogP contribution in [0.3, 0.4) is 0 Å². The Morgan fingerprint density at radius 2 is 2.26 bits per heavy atom. The van der Waals surface area contributed by atoms with Crippen molar-refractivity contribution in [2.45, 2.75) is 45.3 Å². The maximum atomic E-state index is 11.6. The highest BCUT2D eigenvalue weighted by molar-refractivity contribution is 9.10. The average molecular weight is 330 g/mol. The van der Waals surface area contributed by atoms with Gasteiger partial charge in [-0.3, -0.25) is 4.79 Å². The lowest BCUT2D eigenvalue weighted by molar-refractivity contribution is -0.154. The second-order valence-electron chi connectivity index (χ2n) is 4.96. The quantitative estimate of drug-likeness (QED) is 0.678. The van der Waals surface area contributed by atoms with E-state index < -0.39 is 11.7 Å². The van der Waals surface area contributed by atoms with Gasteiger partial charge in [0.25, 0.3) is 0 Å². The number of esters is 1. The van der Waals surface area contributed by atoms with E-state index in [1.807, 2.05) is 0 Å². The van der Waals surface area contributed by atoms with Crippen LogP contribution < -0.4 is 0 Å². The molecule has 104 valence electrons. The molecule has 0 spiro atoms. The molecule has 0 saturated carbocycles. The van der Waals surface area contributed by atoms with Crippen molar-refractivity contribution in [3.8, 4) is 12.3 Å². The molecule has 19 heavy (non-hydrogen) atoms. The van der Waals surface area contributed by atoms with E-state index in [4.69, 9.17) is 15.7 Å². The molecule has 1 N–H and O–H groups in total. The van der Waals surface area contributed by atoms with Crippen LogP contribution in [0.1, 0.15) is 44.8 Å². The highest BCUT2D eigenvalue weighted by Gasteiger charge is 2.21. The Kier molecular flexibility index (Phi) is 5.15. The van der Waals surface area contributed by atoms with Gasteiger partial charge in [-0.05, 0) is 36.7 Å². The molecule has 1 atom stereocenters. The lowest BCUT2D eigenvalue weighted by atomic mass is 10.1. The van der Waals surface area contributed by atoms with Crippen LogP contribution in [-0.2, 0) is 16.0 Å². The third kappa shape index (κ3) is 4.69. The summed E-state index contributed by atoms with van der Waals surface area (Å²) in [5.41, 5.74) is 0.0123. The number of halogens is 1. The number of aryl methyl sites for hydroxylation is 1. The van der Waals surface area contributed by atoms with Gasteiger partial charge in [-0.15, -0.1) is 6.42 Å². The van der Waals surface area contributed by atoms with Crippen molar-refractivity contribution >= 4 is 21.9 Å². The van der Waals surface area contributed by atoms with Gasteiger partial charge in [0.05, 0.1) is 16.6 Å². The maximum absolute atomic E-state index is 11.6. The number of nitrogens with zero attached hydrogens (tertiary/aromatic N) is 1. The Hall–Kier alpha value is -1.32. The lowest BCUT2D eigenvalue weighted by Crippen LogP contribution is -2.24. The molecule has 1 aromatic rings. The minimum Gasteiger partial charge on any atom is -0.460 e. The fourth-order valence-electron chi connectivity index (χ4n) is 1.34. The lowest BCUT2D eigenvalue weighted by Gasteiger charge is -2.19. The van der Waals surface area contributed by atoms with Crippen LogP contribution in [-0.4, -0.2) is 21.8 Å². The standard InChI is InChI=1S/C13H16BrNO4/c1-5-9(16)12-11(14)8(15-19-12)6-7-10(17)18-13(2,3)4/h1,9,16H,6-7H2,2-4H3. The molecule has 1 rings (SSSR count). The van der Waals surface area contributed by atoms with Crippen LogP contribution in [0.2, 0.25) is 0 Å². The Balaban J connectivity index is 2.63. The number of carbonyl (C=O) groups is 1. The van der Waals surface area contributed by atoms with E-state index in [0.29, 0.717) is 16.6 Å². The van der Waals surface area contributed by atoms with Crippen LogP contribution in [0, 0.1) is 12.3 Å². The number of ether oxygens (including phenoxy) is 1. The highest BCUT2D eigenvalue weighted by atomic mass is 79.9. The van der Waals surface area contributed by atoms with Crippen molar-refractivity contribution in [1.82, 2.24) is 5.16 Å². The monoisotopic (exact) mass is 329 g/mol. The summed E-state index contributed by atoms with van der Waals surface area (Å²) in [7, 11) is 0. The first-order chi connectivity index (χ1) is 8.74. The Morgan fingerprint density at radius 3 is 2.79 bits per heavy atom. The normalized spacial score (nSPS) is 12.8. The predicted octanol–water partition coefficient (Wildman–Crippen LogP) is 2.38. The van der Waals surface area contributed by atoms with Gasteiger partial charge in [-0.2, -0.15) is 0 Å². The third-order valence-electron chi connectivity index (χ3n) is 2.12. The Labute approximate surface area is 120 Å². The Bertz CT molecular complexity index is 496. The second-order valence-corrected chi connectivity index (χ2v) is 5.76. The molecular weight excluding hydrogens is 314 g/mol. The van der Waals surface area contributed by atoms with Crippen LogP contribution in [0.4, 0.5) is 0 Å². The molecule has 0 aliphatic heterocycles. The minimum atomic E-state index is -1.16. The smallest absolute Gasteiger partial charge is 0.306 e. The molecule has 0 bridgehead atoms. The molecule has 0 saturated heterocycles. The first kappa shape index (κ1) is 15.7. The number of hydrogen-bond donors (Lipinski definition) is 1. The third-order valence-corrected chi connectivity index (χ3v) is 2.96. The van der Waals surface area contributed by atoms with Crippen LogP contribution in [0.25, 0.3) is 0 Å². The molecule has 6 heteroatoms. The molecule has 5 nitrogen and oxygen atoms in total. The van der Waals surface area contributed by atoms with E-state index in [2.05, 4.69) is 27.0 Å². The first-order valence-corrected chi connectivity index (χ1v) is 6.54. The zero-order valence-corrected chi connectivity index (χ0v) is 12.7. The van der Waals surface area contributed by atoms with Crippen molar-refractivity contribution in [2.75, 3.05) is 0 Å². The van der Waals surface area contributed by atoms with E-state index in [0.717, 1.165) is 0 Å². The zero-order chi connectivity index (χ0) is 14.6. The summed E-state index contributed by atoms with van der Waals surface area (Å²) in [6, 6.07) is 0. The molecule has 0 amide bonds. The van der Waals surface area contributed by atoms with Crippen LogP contribution in [0.15, 0.2) is 9.00 Å². The van der Waals surface area contributed by atoms with Crippen LogP contribution >= 0.6 is 15.9 Å². The van der Waals surface area contributed by atoms with E-state index >= 15 is 0 Å². The van der Waals surface area contributed by atoms with Crippen molar-refractivity contribution < 1.29 is 19.2 Å². The largest absolute Gasteiger partial charge is 0.460 e. The van der Waals surface area contributed by atoms with Crippen molar-refractivity contribution in [1.29, 1.82) is 0 Å². The number of rotatable bonds is 4. The number of aliphatic hydroxyl groups excluding tert-OH is 1. The first-order valence-electron chi connectivity index (χ1n) is 5.74. The number of hydrogen-bond acceptors (Lipinski definition) is 5. The Morgan fingerprint density at radius 1 is 1.63 bits per heavy atom. The van der Waals surface area contributed by atoms with Crippen LogP contribution in [0.5, 0.6) is 0 Å². The summed E-state index contributed by atoms with van der Waals surface area (Å²) >= 11 is 3.24. The summed E-state index contributed by atoms with van der Waals surface area (Å²) in [6.45, 7) is 5.41. The molecule has 0 aliphatic carbocycles. The summed E-state index contributed by atoms with van der Waals surface area (Å²) in [6.07, 6.45) is 4.45. The van der Waals surface area contributed by atoms with Crippen molar-refractivity contribution in [3.05, 3.63) is 15.9 Å². The van der Waals surface area contributed by atoms with Gasteiger partial charge in [0.15, 0.2) is 11.9 Å². The van der Waals surface area contributed by atoms with Gasteiger partial charge in [0.2, 0.25) is 0 Å². The topological polar surface area (TPSA) is 72.6 Å². The fraction of sp³-hybridized carbons (Fsp3) is 0.538. The average Bonchev–Trinajstić information content (AvgIpc) is 2.65. The molecule has 1 heterocycles. The SMILES string of the molecule is C#CC(O)c1onc(CCC(=O)OC(C)(C)C)c1Br. The summed E-state index contributed by atoms with van der Waals surface area (Å²) in [4.78, 5) is 11.6. The second kappa shape index (κ2) is 6.22.